The first-order chi connectivity index (χ1) is 12.8. The Balaban J connectivity index is 1.93. The lowest BCUT2D eigenvalue weighted by Crippen LogP contribution is -2.27. The van der Waals surface area contributed by atoms with Gasteiger partial charge in [-0.2, -0.15) is 13.2 Å². The SMILES string of the molecule is CN(C)[C@H](CNc1nc(C(F)(F)F)nc2ccccc12)c1ccc(F)cc1. The van der Waals surface area contributed by atoms with Crippen LogP contribution in [0, 0.1) is 5.82 Å². The molecule has 0 fully saturated rings. The number of benzene rings is 2. The van der Waals surface area contributed by atoms with Crippen LogP contribution in [0.5, 0.6) is 0 Å². The summed E-state index contributed by atoms with van der Waals surface area (Å²) >= 11 is 0. The predicted molar refractivity (Wildman–Crippen MR) is 95.9 cm³/mol. The first-order valence-corrected chi connectivity index (χ1v) is 8.25. The molecule has 8 heteroatoms. The Kier molecular flexibility index (Phi) is 5.27. The molecule has 142 valence electrons. The van der Waals surface area contributed by atoms with Gasteiger partial charge in [0.1, 0.15) is 11.6 Å². The number of hydrogen-bond donors (Lipinski definition) is 1. The Labute approximate surface area is 153 Å². The minimum atomic E-state index is -4.64. The summed E-state index contributed by atoms with van der Waals surface area (Å²) in [5, 5.41) is 3.51. The van der Waals surface area contributed by atoms with Crippen molar-refractivity contribution in [1.29, 1.82) is 0 Å². The van der Waals surface area contributed by atoms with Crippen molar-refractivity contribution in [1.82, 2.24) is 14.9 Å². The third-order valence-corrected chi connectivity index (χ3v) is 4.20. The first kappa shape index (κ1) is 19.0. The number of aromatic nitrogens is 2. The Morgan fingerprint density at radius 3 is 2.30 bits per heavy atom. The van der Waals surface area contributed by atoms with Crippen LogP contribution in [0.15, 0.2) is 48.5 Å². The van der Waals surface area contributed by atoms with Gasteiger partial charge in [0, 0.05) is 11.9 Å². The maximum atomic E-state index is 13.2. The number of hydrogen-bond acceptors (Lipinski definition) is 4. The molecule has 27 heavy (non-hydrogen) atoms. The van der Waals surface area contributed by atoms with E-state index in [9.17, 15) is 17.6 Å². The van der Waals surface area contributed by atoms with E-state index >= 15 is 0 Å². The van der Waals surface area contributed by atoms with Crippen LogP contribution in [-0.2, 0) is 6.18 Å². The summed E-state index contributed by atoms with van der Waals surface area (Å²) in [4.78, 5) is 9.19. The lowest BCUT2D eigenvalue weighted by molar-refractivity contribution is -0.144. The molecule has 0 spiro atoms. The monoisotopic (exact) mass is 378 g/mol. The molecule has 0 aliphatic heterocycles. The molecular weight excluding hydrogens is 360 g/mol. The van der Waals surface area contributed by atoms with E-state index in [1.165, 1.54) is 18.2 Å². The molecule has 4 nitrogen and oxygen atoms in total. The molecule has 0 saturated carbocycles. The van der Waals surface area contributed by atoms with Crippen molar-refractivity contribution in [2.45, 2.75) is 12.2 Å². The molecule has 3 rings (SSSR count). The molecule has 0 saturated heterocycles. The molecule has 0 aliphatic rings. The van der Waals surface area contributed by atoms with Gasteiger partial charge in [-0.1, -0.05) is 24.3 Å². The molecule has 1 atom stereocenters. The largest absolute Gasteiger partial charge is 0.451 e. The van der Waals surface area contributed by atoms with Gasteiger partial charge in [0.2, 0.25) is 5.82 Å². The van der Waals surface area contributed by atoms with Gasteiger partial charge in [0.15, 0.2) is 0 Å². The van der Waals surface area contributed by atoms with Crippen molar-refractivity contribution in [3.8, 4) is 0 Å². The number of halogens is 4. The van der Waals surface area contributed by atoms with E-state index < -0.39 is 12.0 Å². The van der Waals surface area contributed by atoms with Crippen LogP contribution in [-0.4, -0.2) is 35.5 Å². The quantitative estimate of drug-likeness (QED) is 0.664. The van der Waals surface area contributed by atoms with Crippen LogP contribution in [0.2, 0.25) is 0 Å². The Morgan fingerprint density at radius 2 is 1.67 bits per heavy atom. The third kappa shape index (κ3) is 4.33. The van der Waals surface area contributed by atoms with Crippen molar-refractivity contribution in [3.05, 3.63) is 65.7 Å². The zero-order valence-corrected chi connectivity index (χ0v) is 14.8. The topological polar surface area (TPSA) is 41.0 Å². The highest BCUT2D eigenvalue weighted by atomic mass is 19.4. The number of rotatable bonds is 5. The van der Waals surface area contributed by atoms with Gasteiger partial charge < -0.3 is 10.2 Å². The van der Waals surface area contributed by atoms with E-state index in [0.29, 0.717) is 5.39 Å². The second-order valence-electron chi connectivity index (χ2n) is 6.32. The molecule has 0 unspecified atom stereocenters. The summed E-state index contributed by atoms with van der Waals surface area (Å²) < 4.78 is 52.6. The van der Waals surface area contributed by atoms with E-state index in [4.69, 9.17) is 0 Å². The van der Waals surface area contributed by atoms with Crippen molar-refractivity contribution in [2.24, 2.45) is 0 Å². The summed E-state index contributed by atoms with van der Waals surface area (Å²) in [6.07, 6.45) is -4.64. The highest BCUT2D eigenvalue weighted by Crippen LogP contribution is 2.30. The number of alkyl halides is 3. The van der Waals surface area contributed by atoms with Gasteiger partial charge in [-0.15, -0.1) is 0 Å². The fourth-order valence-electron chi connectivity index (χ4n) is 2.81. The lowest BCUT2D eigenvalue weighted by atomic mass is 10.1. The predicted octanol–water partition coefficient (Wildman–Crippen LogP) is 4.50. The number of nitrogens with one attached hydrogen (secondary N) is 1. The van der Waals surface area contributed by atoms with E-state index in [2.05, 4.69) is 15.3 Å². The van der Waals surface area contributed by atoms with E-state index in [1.54, 1.807) is 30.3 Å². The van der Waals surface area contributed by atoms with Gasteiger partial charge in [-0.25, -0.2) is 14.4 Å². The summed E-state index contributed by atoms with van der Waals surface area (Å²) in [6, 6.07) is 12.4. The van der Waals surface area contributed by atoms with Crippen LogP contribution >= 0.6 is 0 Å². The van der Waals surface area contributed by atoms with E-state index in [-0.39, 0.29) is 29.7 Å². The lowest BCUT2D eigenvalue weighted by Gasteiger charge is -2.25. The highest BCUT2D eigenvalue weighted by Gasteiger charge is 2.35. The van der Waals surface area contributed by atoms with Gasteiger partial charge in [0.05, 0.1) is 11.6 Å². The number of anilines is 1. The van der Waals surface area contributed by atoms with Gasteiger partial charge >= 0.3 is 6.18 Å². The summed E-state index contributed by atoms with van der Waals surface area (Å²) in [7, 11) is 3.68. The molecule has 1 heterocycles. The zero-order chi connectivity index (χ0) is 19.6. The smallest absolute Gasteiger partial charge is 0.368 e. The first-order valence-electron chi connectivity index (χ1n) is 8.25. The zero-order valence-electron chi connectivity index (χ0n) is 14.8. The number of para-hydroxylation sites is 1. The van der Waals surface area contributed by atoms with Gasteiger partial charge in [-0.3, -0.25) is 0 Å². The average Bonchev–Trinajstić information content (AvgIpc) is 2.62. The normalized spacial score (nSPS) is 13.1. The molecule has 1 N–H and O–H groups in total. The Hall–Kier alpha value is -2.74. The van der Waals surface area contributed by atoms with Crippen LogP contribution in [0.3, 0.4) is 0 Å². The number of fused-ring (bicyclic) bond motifs is 1. The van der Waals surface area contributed by atoms with Crippen molar-refractivity contribution < 1.29 is 17.6 Å². The summed E-state index contributed by atoms with van der Waals surface area (Å²) in [5.74, 6) is -1.42. The standard InChI is InChI=1S/C19H18F4N4/c1-27(2)16(12-7-9-13(20)10-8-12)11-24-17-14-5-3-4-6-15(14)25-18(26-17)19(21,22)23/h3-10,16H,11H2,1-2H3,(H,24,25,26)/t16-/m1/s1. The summed E-state index contributed by atoms with van der Waals surface area (Å²) in [5.41, 5.74) is 1.05. The fraction of sp³-hybridized carbons (Fsp3) is 0.263. The van der Waals surface area contributed by atoms with Crippen molar-refractivity contribution >= 4 is 16.7 Å². The molecule has 0 bridgehead atoms. The van der Waals surface area contributed by atoms with Crippen molar-refractivity contribution in [3.63, 3.8) is 0 Å². The molecule has 3 aromatic rings. The number of likely N-dealkylation sites (N-methyl/N-ethyl adjacent to an activating group) is 1. The Morgan fingerprint density at radius 1 is 1.00 bits per heavy atom. The maximum Gasteiger partial charge on any atom is 0.451 e. The van der Waals surface area contributed by atoms with Crippen molar-refractivity contribution in [2.75, 3.05) is 26.0 Å². The van der Waals surface area contributed by atoms with Crippen LogP contribution in [0.4, 0.5) is 23.4 Å². The van der Waals surface area contributed by atoms with Crippen LogP contribution < -0.4 is 5.32 Å². The Bertz CT molecular complexity index is 923. The molecule has 0 radical (unpaired) electrons. The number of nitrogens with zero attached hydrogens (tertiary/aromatic N) is 3. The average molecular weight is 378 g/mol. The second-order valence-corrected chi connectivity index (χ2v) is 6.32. The van der Waals surface area contributed by atoms with E-state index in [0.717, 1.165) is 5.56 Å². The minimum absolute atomic E-state index is 0.113. The van der Waals surface area contributed by atoms with E-state index in [1.807, 2.05) is 19.0 Å². The molecule has 1 aromatic heterocycles. The fourth-order valence-corrected chi connectivity index (χ4v) is 2.81. The third-order valence-electron chi connectivity index (χ3n) is 4.20. The highest BCUT2D eigenvalue weighted by molar-refractivity contribution is 5.89. The van der Waals surface area contributed by atoms with Gasteiger partial charge in [-0.05, 0) is 43.9 Å². The molecule has 0 aliphatic carbocycles. The summed E-state index contributed by atoms with van der Waals surface area (Å²) in [6.45, 7) is 0.289. The second kappa shape index (κ2) is 7.48. The maximum absolute atomic E-state index is 13.2. The molecule has 2 aromatic carbocycles. The van der Waals surface area contributed by atoms with Gasteiger partial charge in [0.25, 0.3) is 0 Å². The molecular formula is C19H18F4N4. The minimum Gasteiger partial charge on any atom is -0.368 e. The molecule has 0 amide bonds. The van der Waals surface area contributed by atoms with Crippen LogP contribution in [0.25, 0.3) is 10.9 Å². The van der Waals surface area contributed by atoms with Crippen LogP contribution in [0.1, 0.15) is 17.4 Å².